The second-order valence-electron chi connectivity index (χ2n) is 6.29. The van der Waals surface area contributed by atoms with Gasteiger partial charge in [0.15, 0.2) is 0 Å². The Hall–Kier alpha value is -2.38. The molecule has 0 saturated heterocycles. The van der Waals surface area contributed by atoms with Crippen LogP contribution in [0.25, 0.3) is 0 Å². The second-order valence-corrected chi connectivity index (χ2v) is 8.07. The Balaban J connectivity index is 2.18. The molecule has 2 rings (SSSR count). The number of methoxy groups -OCH3 is 1. The van der Waals surface area contributed by atoms with Gasteiger partial charge in [0.05, 0.1) is 19.4 Å². The number of rotatable bonds is 7. The molecule has 1 atom stereocenters. The molecule has 0 spiro atoms. The number of nitrogens with one attached hydrogen (secondary N) is 2. The quantitative estimate of drug-likeness (QED) is 0.778. The van der Waals surface area contributed by atoms with Gasteiger partial charge in [-0.2, -0.15) is 0 Å². The summed E-state index contributed by atoms with van der Waals surface area (Å²) in [6, 6.07) is 12.0. The largest absolute Gasteiger partial charge is 0.497 e. The summed E-state index contributed by atoms with van der Waals surface area (Å²) in [5.74, 6) is 0.389. The van der Waals surface area contributed by atoms with E-state index in [0.29, 0.717) is 17.0 Å². The van der Waals surface area contributed by atoms with Crippen molar-refractivity contribution in [3.05, 3.63) is 59.2 Å². The second kappa shape index (κ2) is 8.33. The number of ether oxygens (including phenoxy) is 1. The van der Waals surface area contributed by atoms with Crippen LogP contribution < -0.4 is 14.8 Å². The molecule has 2 aromatic carbocycles. The lowest BCUT2D eigenvalue weighted by molar-refractivity contribution is -0.116. The number of hydrogen-bond acceptors (Lipinski definition) is 4. The molecule has 1 amide bonds. The molecule has 0 saturated carbocycles. The first-order chi connectivity index (χ1) is 12.2. The molecular weight excluding hydrogens is 352 g/mol. The third-order valence-corrected chi connectivity index (χ3v) is 4.63. The fourth-order valence-corrected chi connectivity index (χ4v) is 3.40. The van der Waals surface area contributed by atoms with Crippen LogP contribution in [0.15, 0.2) is 42.5 Å². The maximum absolute atomic E-state index is 12.5. The molecule has 7 heteroatoms. The lowest BCUT2D eigenvalue weighted by Crippen LogP contribution is -2.30. The number of benzene rings is 2. The van der Waals surface area contributed by atoms with Crippen molar-refractivity contribution in [3.63, 3.8) is 0 Å². The van der Waals surface area contributed by atoms with E-state index in [1.165, 1.54) is 0 Å². The normalized spacial score (nSPS) is 12.5. The highest BCUT2D eigenvalue weighted by molar-refractivity contribution is 7.88. The van der Waals surface area contributed by atoms with Crippen molar-refractivity contribution in [1.29, 1.82) is 0 Å². The average Bonchev–Trinajstić information content (AvgIpc) is 2.56. The summed E-state index contributed by atoms with van der Waals surface area (Å²) in [5.41, 5.74) is 3.46. The summed E-state index contributed by atoms with van der Waals surface area (Å²) < 4.78 is 31.0. The number of aryl methyl sites for hydroxylation is 2. The first-order valence-electron chi connectivity index (χ1n) is 8.16. The van der Waals surface area contributed by atoms with Crippen LogP contribution >= 0.6 is 0 Å². The summed E-state index contributed by atoms with van der Waals surface area (Å²) in [7, 11) is -1.93. The average molecular weight is 376 g/mol. The van der Waals surface area contributed by atoms with Crippen LogP contribution in [-0.4, -0.2) is 27.7 Å². The first kappa shape index (κ1) is 19.9. The molecule has 0 bridgehead atoms. The molecule has 0 radical (unpaired) electrons. The Morgan fingerprint density at radius 1 is 1.12 bits per heavy atom. The maximum atomic E-state index is 12.5. The van der Waals surface area contributed by atoms with Crippen molar-refractivity contribution in [1.82, 2.24) is 4.72 Å². The smallest absolute Gasteiger partial charge is 0.226 e. The fourth-order valence-electron chi connectivity index (χ4n) is 2.66. The molecule has 0 aliphatic carbocycles. The highest BCUT2D eigenvalue weighted by Crippen LogP contribution is 2.23. The number of anilines is 1. The van der Waals surface area contributed by atoms with Gasteiger partial charge in [-0.3, -0.25) is 4.79 Å². The molecule has 0 unspecified atom stereocenters. The number of sulfonamides is 1. The molecule has 6 nitrogen and oxygen atoms in total. The summed E-state index contributed by atoms with van der Waals surface area (Å²) in [6.07, 6.45) is 1.05. The highest BCUT2D eigenvalue weighted by atomic mass is 32.2. The van der Waals surface area contributed by atoms with Gasteiger partial charge >= 0.3 is 0 Å². The summed E-state index contributed by atoms with van der Waals surface area (Å²) in [4.78, 5) is 12.5. The van der Waals surface area contributed by atoms with Gasteiger partial charge in [0.2, 0.25) is 15.9 Å². The molecule has 0 aliphatic rings. The van der Waals surface area contributed by atoms with E-state index in [1.807, 2.05) is 32.0 Å². The van der Waals surface area contributed by atoms with Crippen LogP contribution in [0, 0.1) is 13.8 Å². The van der Waals surface area contributed by atoms with E-state index in [4.69, 9.17) is 4.74 Å². The van der Waals surface area contributed by atoms with Crippen LogP contribution in [-0.2, 0) is 14.8 Å². The zero-order valence-corrected chi connectivity index (χ0v) is 16.2. The zero-order chi connectivity index (χ0) is 19.3. The minimum Gasteiger partial charge on any atom is -0.497 e. The lowest BCUT2D eigenvalue weighted by Gasteiger charge is -2.18. The van der Waals surface area contributed by atoms with Crippen LogP contribution in [0.1, 0.15) is 29.2 Å². The van der Waals surface area contributed by atoms with Gasteiger partial charge in [-0.25, -0.2) is 13.1 Å². The Morgan fingerprint density at radius 3 is 2.31 bits per heavy atom. The monoisotopic (exact) mass is 376 g/mol. The van der Waals surface area contributed by atoms with Crippen molar-refractivity contribution < 1.29 is 17.9 Å². The number of carbonyl (C=O) groups is 1. The minimum atomic E-state index is -3.48. The first-order valence-corrected chi connectivity index (χ1v) is 10.1. The Kier molecular flexibility index (Phi) is 6.39. The Bertz CT molecular complexity index is 877. The zero-order valence-electron chi connectivity index (χ0n) is 15.4. The van der Waals surface area contributed by atoms with Gasteiger partial charge in [0, 0.05) is 12.1 Å². The highest BCUT2D eigenvalue weighted by Gasteiger charge is 2.20. The fraction of sp³-hybridized carbons (Fsp3) is 0.316. The van der Waals surface area contributed by atoms with Crippen molar-refractivity contribution in [2.45, 2.75) is 26.3 Å². The molecule has 140 valence electrons. The van der Waals surface area contributed by atoms with Crippen LogP contribution in [0.3, 0.4) is 0 Å². The predicted octanol–water partition coefficient (Wildman–Crippen LogP) is 2.93. The molecule has 2 N–H and O–H groups in total. The van der Waals surface area contributed by atoms with Gasteiger partial charge in [-0.05, 0) is 43.2 Å². The van der Waals surface area contributed by atoms with E-state index in [-0.39, 0.29) is 12.3 Å². The van der Waals surface area contributed by atoms with Gasteiger partial charge in [-0.15, -0.1) is 0 Å². The van der Waals surface area contributed by atoms with Crippen molar-refractivity contribution in [2.75, 3.05) is 18.7 Å². The van der Waals surface area contributed by atoms with Crippen molar-refractivity contribution in [2.24, 2.45) is 0 Å². The van der Waals surface area contributed by atoms with Crippen molar-refractivity contribution in [3.8, 4) is 5.75 Å². The van der Waals surface area contributed by atoms with E-state index in [2.05, 4.69) is 10.0 Å². The molecular formula is C19H24N2O4S. The van der Waals surface area contributed by atoms with E-state index in [0.717, 1.165) is 17.4 Å². The third kappa shape index (κ3) is 5.86. The molecule has 0 aromatic heterocycles. The van der Waals surface area contributed by atoms with E-state index < -0.39 is 16.1 Å². The van der Waals surface area contributed by atoms with Gasteiger partial charge in [-0.1, -0.05) is 29.8 Å². The molecule has 0 aliphatic heterocycles. The Labute approximate surface area is 154 Å². The SMILES string of the molecule is COc1ccc([C@H](CC(=O)Nc2ccc(C)cc2C)NS(C)(=O)=O)cc1. The van der Waals surface area contributed by atoms with E-state index >= 15 is 0 Å². The molecule has 2 aromatic rings. The number of hydrogen-bond donors (Lipinski definition) is 2. The van der Waals surface area contributed by atoms with Crippen LogP contribution in [0.4, 0.5) is 5.69 Å². The van der Waals surface area contributed by atoms with Crippen LogP contribution in [0.2, 0.25) is 0 Å². The number of amides is 1. The summed E-state index contributed by atoms with van der Waals surface area (Å²) in [5, 5.41) is 2.85. The molecule has 0 fully saturated rings. The molecule has 26 heavy (non-hydrogen) atoms. The van der Waals surface area contributed by atoms with Crippen molar-refractivity contribution >= 4 is 21.6 Å². The van der Waals surface area contributed by atoms with Gasteiger partial charge < -0.3 is 10.1 Å². The summed E-state index contributed by atoms with van der Waals surface area (Å²) >= 11 is 0. The predicted molar refractivity (Wildman–Crippen MR) is 103 cm³/mol. The number of carbonyl (C=O) groups excluding carboxylic acids is 1. The lowest BCUT2D eigenvalue weighted by atomic mass is 10.0. The molecule has 0 heterocycles. The van der Waals surface area contributed by atoms with Crippen LogP contribution in [0.5, 0.6) is 5.75 Å². The topological polar surface area (TPSA) is 84.5 Å². The standard InChI is InChI=1S/C19H24N2O4S/c1-13-5-10-17(14(2)11-13)20-19(22)12-18(21-26(4,23)24)15-6-8-16(25-3)9-7-15/h5-11,18,21H,12H2,1-4H3,(H,20,22)/t18-/m0/s1. The Morgan fingerprint density at radius 2 is 1.77 bits per heavy atom. The van der Waals surface area contributed by atoms with Gasteiger partial charge in [0.1, 0.15) is 5.75 Å². The maximum Gasteiger partial charge on any atom is 0.226 e. The summed E-state index contributed by atoms with van der Waals surface area (Å²) in [6.45, 7) is 3.90. The minimum absolute atomic E-state index is 0.0211. The van der Waals surface area contributed by atoms with Gasteiger partial charge in [0.25, 0.3) is 0 Å². The third-order valence-electron chi connectivity index (χ3n) is 3.92. The van der Waals surface area contributed by atoms with E-state index in [1.54, 1.807) is 31.4 Å². The van der Waals surface area contributed by atoms with E-state index in [9.17, 15) is 13.2 Å².